The van der Waals surface area contributed by atoms with Crippen LogP contribution in [0, 0.1) is 0 Å². The Bertz CT molecular complexity index is 594. The molecule has 0 heterocycles. The van der Waals surface area contributed by atoms with Gasteiger partial charge in [-0.25, -0.2) is 0 Å². The van der Waals surface area contributed by atoms with E-state index in [1.54, 1.807) is 12.1 Å². The third kappa shape index (κ3) is 2.24. The number of nitrogens with two attached hydrogens (primary N) is 1. The topological polar surface area (TPSA) is 80.4 Å². The van der Waals surface area contributed by atoms with Crippen LogP contribution in [0.25, 0.3) is 10.8 Å². The van der Waals surface area contributed by atoms with E-state index >= 15 is 0 Å². The number of rotatable bonds is 4. The van der Waals surface area contributed by atoms with E-state index in [0.717, 1.165) is 10.8 Å². The van der Waals surface area contributed by atoms with Crippen LogP contribution in [0.4, 0.5) is 0 Å². The molecule has 0 aromatic heterocycles. The predicted octanol–water partition coefficient (Wildman–Crippen LogP) is 1.53. The fraction of sp³-hybridized carbons (Fsp3) is 0.143. The molecule has 2 aromatic rings. The third-order valence-electron chi connectivity index (χ3n) is 2.98. The Morgan fingerprint density at radius 1 is 1.17 bits per heavy atom. The summed E-state index contributed by atoms with van der Waals surface area (Å²) in [5.74, 6) is -2.01. The van der Waals surface area contributed by atoms with Crippen LogP contribution in [0.2, 0.25) is 0 Å². The maximum absolute atomic E-state index is 11.0. The number of carboxylic acids is 1. The van der Waals surface area contributed by atoms with Crippen molar-refractivity contribution in [3.63, 3.8) is 0 Å². The molecule has 0 radical (unpaired) electrons. The van der Waals surface area contributed by atoms with Gasteiger partial charge in [0, 0.05) is 0 Å². The summed E-state index contributed by atoms with van der Waals surface area (Å²) in [6.07, 6.45) is 0.586. The lowest BCUT2D eigenvalue weighted by Gasteiger charge is -2.15. The zero-order valence-electron chi connectivity index (χ0n) is 9.61. The van der Waals surface area contributed by atoms with Crippen LogP contribution in [0.5, 0.6) is 0 Å². The van der Waals surface area contributed by atoms with E-state index in [9.17, 15) is 9.59 Å². The summed E-state index contributed by atoms with van der Waals surface area (Å²) < 4.78 is 0. The SMILES string of the molecule is N[C@H](C(=O)O)[C@@H](C=O)c1ccc2ccccc2c1. The van der Waals surface area contributed by atoms with Crippen molar-refractivity contribution in [1.82, 2.24) is 0 Å². The Hall–Kier alpha value is -2.20. The highest BCUT2D eigenvalue weighted by Crippen LogP contribution is 2.22. The molecule has 92 valence electrons. The van der Waals surface area contributed by atoms with Gasteiger partial charge < -0.3 is 15.6 Å². The van der Waals surface area contributed by atoms with E-state index < -0.39 is 17.9 Å². The first kappa shape index (κ1) is 12.3. The van der Waals surface area contributed by atoms with Crippen molar-refractivity contribution in [3.8, 4) is 0 Å². The summed E-state index contributed by atoms with van der Waals surface area (Å²) in [6, 6.07) is 11.8. The first-order valence-corrected chi connectivity index (χ1v) is 5.56. The number of aldehydes is 1. The second-order valence-corrected chi connectivity index (χ2v) is 4.13. The normalized spacial score (nSPS) is 14.1. The molecule has 0 aliphatic rings. The number of benzene rings is 2. The van der Waals surface area contributed by atoms with Gasteiger partial charge >= 0.3 is 5.97 Å². The first-order chi connectivity index (χ1) is 8.63. The van der Waals surface area contributed by atoms with Crippen LogP contribution in [0.3, 0.4) is 0 Å². The molecule has 0 aliphatic carbocycles. The molecule has 2 aromatic carbocycles. The molecule has 3 N–H and O–H groups in total. The van der Waals surface area contributed by atoms with Gasteiger partial charge in [-0.3, -0.25) is 4.79 Å². The van der Waals surface area contributed by atoms with Crippen molar-refractivity contribution >= 4 is 23.0 Å². The summed E-state index contributed by atoms with van der Waals surface area (Å²) in [5, 5.41) is 10.9. The third-order valence-corrected chi connectivity index (χ3v) is 2.98. The highest BCUT2D eigenvalue weighted by atomic mass is 16.4. The summed E-state index contributed by atoms with van der Waals surface area (Å²) >= 11 is 0. The van der Waals surface area contributed by atoms with Crippen LogP contribution in [0.15, 0.2) is 42.5 Å². The lowest BCUT2D eigenvalue weighted by Crippen LogP contribution is -2.37. The summed E-state index contributed by atoms with van der Waals surface area (Å²) in [6.45, 7) is 0. The van der Waals surface area contributed by atoms with Gasteiger partial charge in [-0.1, -0.05) is 42.5 Å². The molecular weight excluding hydrogens is 230 g/mol. The van der Waals surface area contributed by atoms with Crippen molar-refractivity contribution in [3.05, 3.63) is 48.0 Å². The van der Waals surface area contributed by atoms with Crippen LogP contribution in [-0.2, 0) is 9.59 Å². The molecule has 4 heteroatoms. The number of hydrogen-bond donors (Lipinski definition) is 2. The number of aliphatic carboxylic acids is 1. The number of carbonyl (C=O) groups excluding carboxylic acids is 1. The molecule has 2 atom stereocenters. The van der Waals surface area contributed by atoms with Crippen molar-refractivity contribution in [2.75, 3.05) is 0 Å². The molecule has 0 amide bonds. The fourth-order valence-corrected chi connectivity index (χ4v) is 1.94. The van der Waals surface area contributed by atoms with E-state index in [2.05, 4.69) is 0 Å². The van der Waals surface area contributed by atoms with Crippen molar-refractivity contribution in [2.24, 2.45) is 5.73 Å². The maximum atomic E-state index is 11.0. The van der Waals surface area contributed by atoms with Gasteiger partial charge in [-0.05, 0) is 16.3 Å². The lowest BCUT2D eigenvalue weighted by molar-refractivity contribution is -0.140. The van der Waals surface area contributed by atoms with Gasteiger partial charge in [0.2, 0.25) is 0 Å². The number of carbonyl (C=O) groups is 2. The fourth-order valence-electron chi connectivity index (χ4n) is 1.94. The van der Waals surface area contributed by atoms with Crippen molar-refractivity contribution in [2.45, 2.75) is 12.0 Å². The van der Waals surface area contributed by atoms with E-state index in [0.29, 0.717) is 11.8 Å². The van der Waals surface area contributed by atoms with E-state index in [-0.39, 0.29) is 0 Å². The molecule has 0 fully saturated rings. The van der Waals surface area contributed by atoms with Gasteiger partial charge in [0.25, 0.3) is 0 Å². The summed E-state index contributed by atoms with van der Waals surface area (Å²) in [4.78, 5) is 21.9. The van der Waals surface area contributed by atoms with Crippen LogP contribution in [-0.4, -0.2) is 23.4 Å². The molecule has 0 unspecified atom stereocenters. The molecule has 0 spiro atoms. The average Bonchev–Trinajstić information content (AvgIpc) is 2.39. The quantitative estimate of drug-likeness (QED) is 0.798. The van der Waals surface area contributed by atoms with Crippen LogP contribution < -0.4 is 5.73 Å². The minimum absolute atomic E-state index is 0.586. The summed E-state index contributed by atoms with van der Waals surface area (Å²) in [7, 11) is 0. The van der Waals surface area contributed by atoms with E-state index in [1.165, 1.54) is 0 Å². The molecule has 4 nitrogen and oxygen atoms in total. The number of hydrogen-bond acceptors (Lipinski definition) is 3. The van der Waals surface area contributed by atoms with Gasteiger partial charge in [0.05, 0.1) is 5.92 Å². The van der Waals surface area contributed by atoms with Gasteiger partial charge in [-0.2, -0.15) is 0 Å². The zero-order chi connectivity index (χ0) is 13.1. The molecule has 18 heavy (non-hydrogen) atoms. The Morgan fingerprint density at radius 2 is 1.83 bits per heavy atom. The standard InChI is InChI=1S/C14H13NO3/c15-13(14(17)18)12(8-16)11-6-5-9-3-1-2-4-10(9)7-11/h1-8,12-13H,15H2,(H,17,18)/t12-,13-/m0/s1. The maximum Gasteiger partial charge on any atom is 0.321 e. The predicted molar refractivity (Wildman–Crippen MR) is 68.4 cm³/mol. The Kier molecular flexibility index (Phi) is 3.39. The van der Waals surface area contributed by atoms with Crippen molar-refractivity contribution in [1.29, 1.82) is 0 Å². The van der Waals surface area contributed by atoms with Gasteiger partial charge in [0.1, 0.15) is 12.3 Å². The van der Waals surface area contributed by atoms with Crippen LogP contribution in [0.1, 0.15) is 11.5 Å². The van der Waals surface area contributed by atoms with E-state index in [1.807, 2.05) is 30.3 Å². The van der Waals surface area contributed by atoms with E-state index in [4.69, 9.17) is 10.8 Å². The Labute approximate surface area is 104 Å². The molecule has 0 aliphatic heterocycles. The lowest BCUT2D eigenvalue weighted by atomic mass is 9.91. The monoisotopic (exact) mass is 243 g/mol. The average molecular weight is 243 g/mol. The molecule has 0 saturated heterocycles. The molecule has 2 rings (SSSR count). The minimum atomic E-state index is -1.22. The second-order valence-electron chi connectivity index (χ2n) is 4.13. The largest absolute Gasteiger partial charge is 0.480 e. The minimum Gasteiger partial charge on any atom is -0.480 e. The molecule has 0 bridgehead atoms. The van der Waals surface area contributed by atoms with Gasteiger partial charge in [-0.15, -0.1) is 0 Å². The zero-order valence-corrected chi connectivity index (χ0v) is 9.61. The van der Waals surface area contributed by atoms with Crippen LogP contribution >= 0.6 is 0 Å². The number of carboxylic acid groups (broad SMARTS) is 1. The molecular formula is C14H13NO3. The van der Waals surface area contributed by atoms with Crippen molar-refractivity contribution < 1.29 is 14.7 Å². The smallest absolute Gasteiger partial charge is 0.321 e. The summed E-state index contributed by atoms with van der Waals surface area (Å²) in [5.41, 5.74) is 6.14. The highest BCUT2D eigenvalue weighted by Gasteiger charge is 2.25. The highest BCUT2D eigenvalue weighted by molar-refractivity contribution is 5.86. The first-order valence-electron chi connectivity index (χ1n) is 5.56. The Balaban J connectivity index is 2.45. The number of fused-ring (bicyclic) bond motifs is 1. The Morgan fingerprint density at radius 3 is 2.44 bits per heavy atom. The second kappa shape index (κ2) is 4.98. The van der Waals surface area contributed by atoms with Gasteiger partial charge in [0.15, 0.2) is 0 Å². The molecule has 0 saturated carbocycles.